The average Bonchev–Trinajstić information content (AvgIpc) is 3.33. The maximum absolute atomic E-state index is 12.7. The molecule has 0 bridgehead atoms. The van der Waals surface area contributed by atoms with Crippen LogP contribution in [0.5, 0.6) is 0 Å². The summed E-state index contributed by atoms with van der Waals surface area (Å²) in [4.78, 5) is 14.8. The van der Waals surface area contributed by atoms with E-state index in [0.717, 1.165) is 5.69 Å². The van der Waals surface area contributed by atoms with E-state index in [2.05, 4.69) is 16.3 Å². The number of likely N-dealkylation sites (N-methyl/N-ethyl adjacent to an activating group) is 1. The van der Waals surface area contributed by atoms with Crippen molar-refractivity contribution in [3.63, 3.8) is 0 Å². The lowest BCUT2D eigenvalue weighted by Crippen LogP contribution is -2.40. The third-order valence-corrected chi connectivity index (χ3v) is 4.63. The summed E-state index contributed by atoms with van der Waals surface area (Å²) in [6, 6.07) is 15.8. The van der Waals surface area contributed by atoms with Crippen LogP contribution in [0.2, 0.25) is 0 Å². The zero-order valence-corrected chi connectivity index (χ0v) is 15.6. The number of nitrogens with zero attached hydrogens (tertiary/aromatic N) is 3. The number of para-hydroxylation sites is 1. The number of carbonyl (C=O) groups is 1. The molecular weight excluding hydrogens is 340 g/mol. The highest BCUT2D eigenvalue weighted by molar-refractivity contribution is 5.98. The van der Waals surface area contributed by atoms with E-state index in [1.807, 2.05) is 56.4 Å². The molecule has 2 heterocycles. The van der Waals surface area contributed by atoms with Gasteiger partial charge in [-0.2, -0.15) is 5.26 Å². The smallest absolute Gasteiger partial charge is 0.256 e. The summed E-state index contributed by atoms with van der Waals surface area (Å²) in [7, 11) is 1.99. The van der Waals surface area contributed by atoms with Gasteiger partial charge in [0.05, 0.1) is 0 Å². The summed E-state index contributed by atoms with van der Waals surface area (Å²) >= 11 is 0. The van der Waals surface area contributed by atoms with Crippen molar-refractivity contribution in [1.82, 2.24) is 9.88 Å². The minimum atomic E-state index is -0.306. The second kappa shape index (κ2) is 7.83. The Bertz CT molecular complexity index is 952. The molecular formula is C21H22N4O2. The Morgan fingerprint density at radius 1 is 1.26 bits per heavy atom. The van der Waals surface area contributed by atoms with Crippen LogP contribution in [0.15, 0.2) is 59.3 Å². The van der Waals surface area contributed by atoms with E-state index in [4.69, 9.17) is 4.42 Å². The number of nitrogens with one attached hydrogen (secondary N) is 1. The van der Waals surface area contributed by atoms with Crippen molar-refractivity contribution in [1.29, 1.82) is 5.26 Å². The number of hydrogen-bond acceptors (Lipinski definition) is 4. The van der Waals surface area contributed by atoms with Crippen molar-refractivity contribution in [2.45, 2.75) is 19.9 Å². The number of furan rings is 1. The Morgan fingerprint density at radius 3 is 2.56 bits per heavy atom. The molecule has 6 nitrogen and oxygen atoms in total. The fourth-order valence-corrected chi connectivity index (χ4v) is 2.94. The maximum Gasteiger partial charge on any atom is 0.256 e. The van der Waals surface area contributed by atoms with E-state index in [1.165, 1.54) is 0 Å². The Morgan fingerprint density at radius 2 is 1.93 bits per heavy atom. The van der Waals surface area contributed by atoms with E-state index >= 15 is 0 Å². The lowest BCUT2D eigenvalue weighted by atomic mass is 10.1. The second-order valence-corrected chi connectivity index (χ2v) is 6.42. The first kappa shape index (κ1) is 18.3. The third kappa shape index (κ3) is 3.72. The number of nitriles is 1. The van der Waals surface area contributed by atoms with Crippen LogP contribution in [0.1, 0.15) is 28.6 Å². The standard InChI is InChI=1S/C21H22N4O2/c1-15(24(3)17-9-5-4-6-10-17)14-23-20(26)19-16(2)27-21(18(19)13-22)25-11-7-8-12-25/h4-12,15H,14H2,1-3H3,(H,23,26). The van der Waals surface area contributed by atoms with Crippen molar-refractivity contribution < 1.29 is 9.21 Å². The normalized spacial score (nSPS) is 11.6. The second-order valence-electron chi connectivity index (χ2n) is 6.42. The number of anilines is 1. The maximum atomic E-state index is 12.7. The first-order valence-corrected chi connectivity index (χ1v) is 8.75. The summed E-state index contributed by atoms with van der Waals surface area (Å²) in [5, 5.41) is 12.5. The van der Waals surface area contributed by atoms with E-state index in [-0.39, 0.29) is 23.1 Å². The van der Waals surface area contributed by atoms with Crippen LogP contribution >= 0.6 is 0 Å². The third-order valence-electron chi connectivity index (χ3n) is 4.63. The van der Waals surface area contributed by atoms with Gasteiger partial charge in [-0.15, -0.1) is 0 Å². The van der Waals surface area contributed by atoms with Gasteiger partial charge in [0.25, 0.3) is 5.91 Å². The fourth-order valence-electron chi connectivity index (χ4n) is 2.94. The molecule has 0 saturated heterocycles. The zero-order valence-electron chi connectivity index (χ0n) is 15.6. The van der Waals surface area contributed by atoms with Crippen LogP contribution in [-0.2, 0) is 0 Å². The van der Waals surface area contributed by atoms with E-state index in [0.29, 0.717) is 18.2 Å². The Labute approximate surface area is 158 Å². The molecule has 0 aliphatic carbocycles. The molecule has 0 radical (unpaired) electrons. The highest BCUT2D eigenvalue weighted by atomic mass is 16.4. The van der Waals surface area contributed by atoms with Crippen molar-refractivity contribution in [2.75, 3.05) is 18.5 Å². The SMILES string of the molecule is Cc1oc(-n2cccc2)c(C#N)c1C(=O)NCC(C)N(C)c1ccccc1. The van der Waals surface area contributed by atoms with Crippen LogP contribution in [0.25, 0.3) is 5.88 Å². The number of hydrogen-bond donors (Lipinski definition) is 1. The van der Waals surface area contributed by atoms with Crippen molar-refractivity contribution in [2.24, 2.45) is 0 Å². The average molecular weight is 362 g/mol. The molecule has 3 rings (SSSR count). The molecule has 6 heteroatoms. The lowest BCUT2D eigenvalue weighted by Gasteiger charge is -2.27. The van der Waals surface area contributed by atoms with Crippen molar-refractivity contribution in [3.8, 4) is 12.0 Å². The number of aryl methyl sites for hydroxylation is 1. The van der Waals surface area contributed by atoms with Gasteiger partial charge in [0.2, 0.25) is 5.88 Å². The van der Waals surface area contributed by atoms with Crippen LogP contribution < -0.4 is 10.2 Å². The van der Waals surface area contributed by atoms with Gasteiger partial charge >= 0.3 is 0 Å². The minimum Gasteiger partial charge on any atom is -0.443 e. The summed E-state index contributed by atoms with van der Waals surface area (Å²) in [6.07, 6.45) is 3.55. The summed E-state index contributed by atoms with van der Waals surface area (Å²) in [5.41, 5.74) is 1.60. The summed E-state index contributed by atoms with van der Waals surface area (Å²) < 4.78 is 7.38. The number of amides is 1. The Hall–Kier alpha value is -3.46. The zero-order chi connectivity index (χ0) is 19.4. The van der Waals surface area contributed by atoms with Crippen LogP contribution in [0.4, 0.5) is 5.69 Å². The van der Waals surface area contributed by atoms with Gasteiger partial charge in [0.1, 0.15) is 23.0 Å². The molecule has 1 aromatic carbocycles. The van der Waals surface area contributed by atoms with Gasteiger partial charge in [0.15, 0.2) is 0 Å². The number of benzene rings is 1. The molecule has 0 fully saturated rings. The molecule has 138 valence electrons. The van der Waals surface area contributed by atoms with Crippen LogP contribution in [0.3, 0.4) is 0 Å². The van der Waals surface area contributed by atoms with E-state index in [1.54, 1.807) is 23.9 Å². The summed E-state index contributed by atoms with van der Waals surface area (Å²) in [5.74, 6) is 0.482. The molecule has 1 N–H and O–H groups in total. The van der Waals surface area contributed by atoms with Crippen molar-refractivity contribution in [3.05, 3.63) is 71.7 Å². The molecule has 1 unspecified atom stereocenters. The van der Waals surface area contributed by atoms with E-state index < -0.39 is 0 Å². The Kier molecular flexibility index (Phi) is 5.32. The molecule has 1 atom stereocenters. The molecule has 1 amide bonds. The molecule has 0 aliphatic heterocycles. The first-order chi connectivity index (χ1) is 13.0. The van der Waals surface area contributed by atoms with Crippen LogP contribution in [-0.4, -0.2) is 30.1 Å². The van der Waals surface area contributed by atoms with Gasteiger partial charge in [-0.05, 0) is 38.1 Å². The Balaban J connectivity index is 1.74. The molecule has 3 aromatic rings. The molecule has 0 spiro atoms. The topological polar surface area (TPSA) is 74.2 Å². The van der Waals surface area contributed by atoms with Gasteiger partial charge in [-0.25, -0.2) is 0 Å². The predicted molar refractivity (Wildman–Crippen MR) is 104 cm³/mol. The number of aromatic nitrogens is 1. The van der Waals surface area contributed by atoms with Gasteiger partial charge in [0, 0.05) is 37.7 Å². The quantitative estimate of drug-likeness (QED) is 0.728. The van der Waals surface area contributed by atoms with Crippen LogP contribution in [0, 0.1) is 18.3 Å². The summed E-state index contributed by atoms with van der Waals surface area (Å²) in [6.45, 7) is 4.17. The van der Waals surface area contributed by atoms with E-state index in [9.17, 15) is 10.1 Å². The lowest BCUT2D eigenvalue weighted by molar-refractivity contribution is 0.0950. The van der Waals surface area contributed by atoms with Gasteiger partial charge < -0.3 is 14.6 Å². The minimum absolute atomic E-state index is 0.0815. The number of carbonyl (C=O) groups excluding carboxylic acids is 1. The molecule has 2 aromatic heterocycles. The van der Waals surface area contributed by atoms with Crippen molar-refractivity contribution >= 4 is 11.6 Å². The first-order valence-electron chi connectivity index (χ1n) is 8.75. The number of rotatable bonds is 6. The van der Waals surface area contributed by atoms with Gasteiger partial charge in [-0.1, -0.05) is 18.2 Å². The monoisotopic (exact) mass is 362 g/mol. The largest absolute Gasteiger partial charge is 0.443 e. The van der Waals surface area contributed by atoms with Gasteiger partial charge in [-0.3, -0.25) is 9.36 Å². The predicted octanol–water partition coefficient (Wildman–Crippen LogP) is 3.51. The molecule has 27 heavy (non-hydrogen) atoms. The molecule has 0 saturated carbocycles. The molecule has 0 aliphatic rings. The highest BCUT2D eigenvalue weighted by Gasteiger charge is 2.25. The fraction of sp³-hybridized carbons (Fsp3) is 0.238. The highest BCUT2D eigenvalue weighted by Crippen LogP contribution is 2.25.